The fourth-order valence-corrected chi connectivity index (χ4v) is 2.75. The zero-order valence-electron chi connectivity index (χ0n) is 12.3. The lowest BCUT2D eigenvalue weighted by molar-refractivity contribution is -0.383. The van der Waals surface area contributed by atoms with E-state index in [0.717, 1.165) is 19.5 Å². The molecule has 0 aliphatic carbocycles. The summed E-state index contributed by atoms with van der Waals surface area (Å²) in [5.41, 5.74) is 5.65. The zero-order chi connectivity index (χ0) is 15.6. The maximum absolute atomic E-state index is 12.4. The Kier molecular flexibility index (Phi) is 4.42. The van der Waals surface area contributed by atoms with Crippen molar-refractivity contribution in [3.8, 4) is 0 Å². The lowest BCUT2D eigenvalue weighted by atomic mass is 10.1. The molecule has 1 aromatic carbocycles. The quantitative estimate of drug-likeness (QED) is 0.511. The maximum atomic E-state index is 12.4. The number of nitro groups is 1. The Morgan fingerprint density at radius 2 is 2.29 bits per heavy atom. The van der Waals surface area contributed by atoms with Crippen LogP contribution in [0.4, 0.5) is 11.4 Å². The Morgan fingerprint density at radius 1 is 1.57 bits per heavy atom. The molecule has 2 N–H and O–H groups in total. The molecule has 1 unspecified atom stereocenters. The van der Waals surface area contributed by atoms with Gasteiger partial charge < -0.3 is 15.5 Å². The van der Waals surface area contributed by atoms with Crippen molar-refractivity contribution in [3.63, 3.8) is 0 Å². The first-order valence-electron chi connectivity index (χ1n) is 6.87. The molecule has 0 radical (unpaired) electrons. The van der Waals surface area contributed by atoms with E-state index < -0.39 is 4.92 Å². The van der Waals surface area contributed by atoms with Gasteiger partial charge in [0, 0.05) is 26.2 Å². The van der Waals surface area contributed by atoms with Gasteiger partial charge in [-0.2, -0.15) is 0 Å². The molecule has 1 saturated heterocycles. The second kappa shape index (κ2) is 6.09. The number of para-hydroxylation sites is 1. The SMILES string of the molecule is CN1CCC(CN(C)C(=O)c2cccc([N+](=O)[O-])c2N)C1. The molecule has 1 aromatic rings. The monoisotopic (exact) mass is 292 g/mol. The molecule has 0 saturated carbocycles. The van der Waals surface area contributed by atoms with Crippen molar-refractivity contribution < 1.29 is 9.72 Å². The third-order valence-corrected chi connectivity index (χ3v) is 3.88. The average molecular weight is 292 g/mol. The first kappa shape index (κ1) is 15.2. The van der Waals surface area contributed by atoms with E-state index in [0.29, 0.717) is 12.5 Å². The predicted molar refractivity (Wildman–Crippen MR) is 80.1 cm³/mol. The number of nitro benzene ring substituents is 1. The van der Waals surface area contributed by atoms with Crippen LogP contribution in [0.5, 0.6) is 0 Å². The number of carbonyl (C=O) groups is 1. The van der Waals surface area contributed by atoms with E-state index in [4.69, 9.17) is 5.73 Å². The Morgan fingerprint density at radius 3 is 2.86 bits per heavy atom. The van der Waals surface area contributed by atoms with Gasteiger partial charge in [-0.25, -0.2) is 0 Å². The number of nitrogens with zero attached hydrogens (tertiary/aromatic N) is 3. The van der Waals surface area contributed by atoms with Gasteiger partial charge in [0.25, 0.3) is 11.6 Å². The van der Waals surface area contributed by atoms with Gasteiger partial charge in [-0.1, -0.05) is 6.07 Å². The van der Waals surface area contributed by atoms with Crippen LogP contribution in [0.15, 0.2) is 18.2 Å². The van der Waals surface area contributed by atoms with Gasteiger partial charge in [-0.15, -0.1) is 0 Å². The minimum atomic E-state index is -0.571. The van der Waals surface area contributed by atoms with E-state index in [1.165, 1.54) is 18.2 Å². The van der Waals surface area contributed by atoms with Crippen molar-refractivity contribution in [3.05, 3.63) is 33.9 Å². The number of nitrogen functional groups attached to an aromatic ring is 1. The molecule has 1 aliphatic heterocycles. The lowest BCUT2D eigenvalue weighted by Crippen LogP contribution is -2.33. The van der Waals surface area contributed by atoms with Crippen molar-refractivity contribution in [1.82, 2.24) is 9.80 Å². The molecule has 21 heavy (non-hydrogen) atoms. The topological polar surface area (TPSA) is 92.7 Å². The van der Waals surface area contributed by atoms with E-state index in [2.05, 4.69) is 11.9 Å². The first-order chi connectivity index (χ1) is 9.90. The summed E-state index contributed by atoms with van der Waals surface area (Å²) in [6.45, 7) is 2.62. The minimum Gasteiger partial charge on any atom is -0.393 e. The van der Waals surface area contributed by atoms with Crippen molar-refractivity contribution in [1.29, 1.82) is 0 Å². The van der Waals surface area contributed by atoms with Crippen molar-refractivity contribution in [2.45, 2.75) is 6.42 Å². The Balaban J connectivity index is 2.12. The zero-order valence-corrected chi connectivity index (χ0v) is 12.3. The first-order valence-corrected chi connectivity index (χ1v) is 6.87. The molecular weight excluding hydrogens is 272 g/mol. The largest absolute Gasteiger partial charge is 0.393 e. The summed E-state index contributed by atoms with van der Waals surface area (Å²) in [7, 11) is 3.76. The van der Waals surface area contributed by atoms with Crippen LogP contribution >= 0.6 is 0 Å². The highest BCUT2D eigenvalue weighted by atomic mass is 16.6. The second-order valence-corrected chi connectivity index (χ2v) is 5.60. The molecule has 0 bridgehead atoms. The van der Waals surface area contributed by atoms with Crippen LogP contribution in [0.1, 0.15) is 16.8 Å². The van der Waals surface area contributed by atoms with Gasteiger partial charge in [0.2, 0.25) is 0 Å². The average Bonchev–Trinajstić information content (AvgIpc) is 2.83. The van der Waals surface area contributed by atoms with E-state index in [9.17, 15) is 14.9 Å². The predicted octanol–water partition coefficient (Wildman–Crippen LogP) is 1.20. The molecule has 2 rings (SSSR count). The molecule has 1 fully saturated rings. The molecule has 7 heteroatoms. The highest BCUT2D eigenvalue weighted by molar-refractivity contribution is 6.00. The van der Waals surface area contributed by atoms with Gasteiger partial charge >= 0.3 is 0 Å². The summed E-state index contributed by atoms with van der Waals surface area (Å²) in [6.07, 6.45) is 1.05. The third-order valence-electron chi connectivity index (χ3n) is 3.88. The molecule has 0 aromatic heterocycles. The van der Waals surface area contributed by atoms with Crippen LogP contribution in [0.25, 0.3) is 0 Å². The summed E-state index contributed by atoms with van der Waals surface area (Å²) >= 11 is 0. The molecule has 1 amide bonds. The summed E-state index contributed by atoms with van der Waals surface area (Å²) in [6, 6.07) is 4.32. The van der Waals surface area contributed by atoms with E-state index in [1.807, 2.05) is 0 Å². The molecule has 114 valence electrons. The van der Waals surface area contributed by atoms with Gasteiger partial charge in [-0.05, 0) is 32.0 Å². The number of hydrogen-bond acceptors (Lipinski definition) is 5. The van der Waals surface area contributed by atoms with Crippen LogP contribution in [0.2, 0.25) is 0 Å². The number of amides is 1. The number of anilines is 1. The smallest absolute Gasteiger partial charge is 0.292 e. The van der Waals surface area contributed by atoms with E-state index in [1.54, 1.807) is 11.9 Å². The molecule has 1 heterocycles. The normalized spacial score (nSPS) is 18.7. The van der Waals surface area contributed by atoms with Crippen LogP contribution in [0.3, 0.4) is 0 Å². The molecular formula is C14H20N4O3. The van der Waals surface area contributed by atoms with E-state index >= 15 is 0 Å². The minimum absolute atomic E-state index is 0.0668. The number of hydrogen-bond donors (Lipinski definition) is 1. The summed E-state index contributed by atoms with van der Waals surface area (Å²) in [5, 5.41) is 10.9. The number of carbonyl (C=O) groups excluding carboxylic acids is 1. The van der Waals surface area contributed by atoms with Crippen molar-refractivity contribution in [2.24, 2.45) is 5.92 Å². The molecule has 1 atom stereocenters. The number of likely N-dealkylation sites (tertiary alicyclic amines) is 1. The summed E-state index contributed by atoms with van der Waals surface area (Å²) in [4.78, 5) is 26.5. The van der Waals surface area contributed by atoms with Crippen LogP contribution < -0.4 is 5.73 Å². The Hall–Kier alpha value is -2.15. The highest BCUT2D eigenvalue weighted by Crippen LogP contribution is 2.26. The fourth-order valence-electron chi connectivity index (χ4n) is 2.75. The van der Waals surface area contributed by atoms with Gasteiger partial charge in [0.1, 0.15) is 5.69 Å². The Labute approximate surface area is 123 Å². The van der Waals surface area contributed by atoms with E-state index in [-0.39, 0.29) is 22.8 Å². The Bertz CT molecular complexity index is 561. The summed E-state index contributed by atoms with van der Waals surface area (Å²) < 4.78 is 0. The lowest BCUT2D eigenvalue weighted by Gasteiger charge is -2.21. The summed E-state index contributed by atoms with van der Waals surface area (Å²) in [5.74, 6) is 0.162. The van der Waals surface area contributed by atoms with Crippen LogP contribution in [-0.4, -0.2) is 54.4 Å². The second-order valence-electron chi connectivity index (χ2n) is 5.60. The fraction of sp³-hybridized carbons (Fsp3) is 0.500. The number of nitrogens with two attached hydrogens (primary N) is 1. The van der Waals surface area contributed by atoms with Crippen molar-refractivity contribution >= 4 is 17.3 Å². The maximum Gasteiger partial charge on any atom is 0.292 e. The van der Waals surface area contributed by atoms with Gasteiger partial charge in [0.15, 0.2) is 0 Å². The van der Waals surface area contributed by atoms with Crippen LogP contribution in [0, 0.1) is 16.0 Å². The standard InChI is InChI=1S/C14H20N4O3/c1-16-7-6-10(8-16)9-17(2)14(19)11-4-3-5-12(13(11)15)18(20)21/h3-5,10H,6-9,15H2,1-2H3. The van der Waals surface area contributed by atoms with Gasteiger partial charge in [0.05, 0.1) is 10.5 Å². The molecule has 0 spiro atoms. The van der Waals surface area contributed by atoms with Crippen molar-refractivity contribution in [2.75, 3.05) is 39.5 Å². The van der Waals surface area contributed by atoms with Gasteiger partial charge in [-0.3, -0.25) is 14.9 Å². The van der Waals surface area contributed by atoms with Crippen LogP contribution in [-0.2, 0) is 0 Å². The number of rotatable bonds is 4. The number of benzene rings is 1. The third kappa shape index (κ3) is 3.30. The molecule has 7 nitrogen and oxygen atoms in total. The molecule has 1 aliphatic rings. The highest BCUT2D eigenvalue weighted by Gasteiger charge is 2.25.